The molecule has 0 radical (unpaired) electrons. The maximum Gasteiger partial charge on any atom is 0.323 e. The number of nitrogens with one attached hydrogen (secondary N) is 2. The van der Waals surface area contributed by atoms with E-state index < -0.39 is 15.3 Å². The van der Waals surface area contributed by atoms with Gasteiger partial charge in [-0.1, -0.05) is 23.4 Å². The number of allylic oxidation sites excluding steroid dienone is 4. The summed E-state index contributed by atoms with van der Waals surface area (Å²) in [5, 5.41) is 3.53. The van der Waals surface area contributed by atoms with E-state index in [-0.39, 0.29) is 11.5 Å². The highest BCUT2D eigenvalue weighted by Crippen LogP contribution is 2.30. The first-order valence-corrected chi connectivity index (χ1v) is 12.2. The van der Waals surface area contributed by atoms with Crippen LogP contribution >= 0.6 is 0 Å². The lowest BCUT2D eigenvalue weighted by molar-refractivity contribution is 0.433. The molecule has 4 aromatic rings. The molecular formula is C23H21N7O4S. The van der Waals surface area contributed by atoms with Crippen LogP contribution in [0.15, 0.2) is 62.4 Å². The smallest absolute Gasteiger partial charge is 0.323 e. The number of aromatic nitrogens is 5. The summed E-state index contributed by atoms with van der Waals surface area (Å²) >= 11 is 0. The maximum absolute atomic E-state index is 12.0. The van der Waals surface area contributed by atoms with E-state index in [1.165, 1.54) is 6.20 Å². The second-order valence-corrected chi connectivity index (χ2v) is 10.4. The van der Waals surface area contributed by atoms with Gasteiger partial charge in [0.25, 0.3) is 10.0 Å². The van der Waals surface area contributed by atoms with Crippen molar-refractivity contribution < 1.29 is 12.9 Å². The second-order valence-electron chi connectivity index (χ2n) is 8.25. The van der Waals surface area contributed by atoms with E-state index in [1.54, 1.807) is 44.2 Å². The van der Waals surface area contributed by atoms with Crippen LogP contribution in [0.25, 0.3) is 39.3 Å². The van der Waals surface area contributed by atoms with Crippen LogP contribution in [0.3, 0.4) is 0 Å². The first-order valence-electron chi connectivity index (χ1n) is 10.7. The summed E-state index contributed by atoms with van der Waals surface area (Å²) < 4.78 is 33.5. The van der Waals surface area contributed by atoms with Gasteiger partial charge in [0, 0.05) is 18.1 Å². The molecule has 1 aromatic carbocycles. The van der Waals surface area contributed by atoms with Crippen molar-refractivity contribution >= 4 is 38.2 Å². The Morgan fingerprint density at radius 3 is 2.66 bits per heavy atom. The van der Waals surface area contributed by atoms with Crippen LogP contribution in [-0.4, -0.2) is 44.5 Å². The number of fused-ring (bicyclic) bond motifs is 1. The number of hydrogen-bond donors (Lipinski definition) is 3. The van der Waals surface area contributed by atoms with E-state index in [0.29, 0.717) is 46.0 Å². The minimum absolute atomic E-state index is 0.174. The van der Waals surface area contributed by atoms with Crippen molar-refractivity contribution in [3.8, 4) is 22.7 Å². The number of benzene rings is 1. The molecule has 3 heterocycles. The van der Waals surface area contributed by atoms with Gasteiger partial charge in [-0.25, -0.2) is 23.2 Å². The summed E-state index contributed by atoms with van der Waals surface area (Å²) in [6.07, 6.45) is 7.10. The van der Waals surface area contributed by atoms with Gasteiger partial charge in [0.1, 0.15) is 5.69 Å². The molecule has 3 aromatic heterocycles. The number of sulfonamides is 1. The van der Waals surface area contributed by atoms with Gasteiger partial charge in [0.15, 0.2) is 17.3 Å². The first kappa shape index (κ1) is 22.5. The molecule has 0 fully saturated rings. The first-order chi connectivity index (χ1) is 16.7. The Hall–Kier alpha value is -4.32. The molecule has 178 valence electrons. The molecule has 0 amide bonds. The minimum atomic E-state index is -3.54. The number of nitrogens with two attached hydrogens (primary N) is 1. The Morgan fingerprint density at radius 2 is 1.91 bits per heavy atom. The molecule has 0 unspecified atom stereocenters. The molecule has 35 heavy (non-hydrogen) atoms. The molecule has 1 aliphatic rings. The molecule has 0 saturated heterocycles. The lowest BCUT2D eigenvalue weighted by Crippen LogP contribution is -2.13. The molecule has 0 spiro atoms. The fourth-order valence-corrected chi connectivity index (χ4v) is 4.17. The van der Waals surface area contributed by atoms with E-state index >= 15 is 0 Å². The topological polar surface area (TPSA) is 173 Å². The second kappa shape index (κ2) is 8.47. The number of rotatable bonds is 5. The van der Waals surface area contributed by atoms with Gasteiger partial charge in [-0.2, -0.15) is 4.40 Å². The number of aromatic amines is 2. The van der Waals surface area contributed by atoms with Crippen molar-refractivity contribution in [2.24, 2.45) is 4.40 Å². The SMILES string of the molecule is CC(C)S(=O)(=O)N=C1C=CC(c2cnc(N)c(-c3cc(-c4ccc5[nH]c(=O)[nH]c5c4)no3)n2)=CC1. The zero-order valence-corrected chi connectivity index (χ0v) is 19.6. The van der Waals surface area contributed by atoms with Gasteiger partial charge in [-0.3, -0.25) is 0 Å². The van der Waals surface area contributed by atoms with Crippen LogP contribution in [0, 0.1) is 0 Å². The maximum atomic E-state index is 12.0. The number of nitrogen functional groups attached to an aromatic ring is 1. The summed E-state index contributed by atoms with van der Waals surface area (Å²) in [5.74, 6) is 0.507. The molecular weight excluding hydrogens is 470 g/mol. The number of H-pyrrole nitrogens is 2. The minimum Gasteiger partial charge on any atom is -0.382 e. The van der Waals surface area contributed by atoms with Crippen LogP contribution in [0.1, 0.15) is 26.0 Å². The van der Waals surface area contributed by atoms with Gasteiger partial charge in [-0.05, 0) is 37.6 Å². The average Bonchev–Trinajstić information content (AvgIpc) is 3.45. The fourth-order valence-electron chi connectivity index (χ4n) is 3.50. The number of imidazole rings is 1. The third kappa shape index (κ3) is 4.43. The van der Waals surface area contributed by atoms with Crippen LogP contribution < -0.4 is 11.4 Å². The van der Waals surface area contributed by atoms with Crippen molar-refractivity contribution in [1.82, 2.24) is 25.1 Å². The summed E-state index contributed by atoms with van der Waals surface area (Å²) in [6.45, 7) is 3.18. The Labute approximate surface area is 199 Å². The molecule has 0 bridgehead atoms. The number of nitrogens with zero attached hydrogens (tertiary/aromatic N) is 4. The van der Waals surface area contributed by atoms with Crippen molar-refractivity contribution in [2.75, 3.05) is 5.73 Å². The molecule has 1 aliphatic carbocycles. The highest BCUT2D eigenvalue weighted by molar-refractivity contribution is 7.90. The zero-order chi connectivity index (χ0) is 24.7. The van der Waals surface area contributed by atoms with E-state index in [2.05, 4.69) is 29.5 Å². The lowest BCUT2D eigenvalue weighted by Gasteiger charge is -2.10. The Bertz CT molecular complexity index is 1700. The Morgan fingerprint density at radius 1 is 1.11 bits per heavy atom. The normalized spacial score (nSPS) is 15.3. The zero-order valence-electron chi connectivity index (χ0n) is 18.8. The van der Waals surface area contributed by atoms with Gasteiger partial charge in [0.2, 0.25) is 0 Å². The van der Waals surface area contributed by atoms with Gasteiger partial charge in [-0.15, -0.1) is 0 Å². The summed E-state index contributed by atoms with van der Waals surface area (Å²) in [6, 6.07) is 7.08. The van der Waals surface area contributed by atoms with E-state index in [0.717, 1.165) is 11.1 Å². The molecule has 11 nitrogen and oxygen atoms in total. The third-order valence-electron chi connectivity index (χ3n) is 5.48. The molecule has 0 aliphatic heterocycles. The Balaban J connectivity index is 1.43. The van der Waals surface area contributed by atoms with Crippen molar-refractivity contribution in [3.63, 3.8) is 0 Å². The third-order valence-corrected chi connectivity index (χ3v) is 7.16. The molecule has 0 atom stereocenters. The van der Waals surface area contributed by atoms with Gasteiger partial charge in [0.05, 0.1) is 33.9 Å². The van der Waals surface area contributed by atoms with E-state index in [9.17, 15) is 13.2 Å². The highest BCUT2D eigenvalue weighted by atomic mass is 32.2. The average molecular weight is 492 g/mol. The highest BCUT2D eigenvalue weighted by Gasteiger charge is 2.18. The predicted molar refractivity (Wildman–Crippen MR) is 133 cm³/mol. The number of anilines is 1. The summed E-state index contributed by atoms with van der Waals surface area (Å²) in [4.78, 5) is 25.8. The summed E-state index contributed by atoms with van der Waals surface area (Å²) in [7, 11) is -3.54. The Kier molecular flexibility index (Phi) is 5.44. The van der Waals surface area contributed by atoms with Crippen molar-refractivity contribution in [1.29, 1.82) is 0 Å². The van der Waals surface area contributed by atoms with Crippen LogP contribution in [-0.2, 0) is 10.0 Å². The van der Waals surface area contributed by atoms with Crippen molar-refractivity contribution in [3.05, 3.63) is 64.9 Å². The quantitative estimate of drug-likeness (QED) is 0.382. The monoisotopic (exact) mass is 491 g/mol. The van der Waals surface area contributed by atoms with E-state index in [1.807, 2.05) is 12.1 Å². The van der Waals surface area contributed by atoms with Gasteiger partial charge >= 0.3 is 5.69 Å². The van der Waals surface area contributed by atoms with Gasteiger partial charge < -0.3 is 20.2 Å². The van der Waals surface area contributed by atoms with E-state index in [4.69, 9.17) is 10.3 Å². The molecule has 5 rings (SSSR count). The standard InChI is InChI=1S/C23H21N7O4S/c1-12(2)35(32,33)30-15-6-3-13(4-7-15)19-11-25-22(24)21(26-19)20-10-17(29-34-20)14-5-8-16-18(9-14)28-23(31)27-16/h3-6,8-12H,7H2,1-2H3,(H2,24,25)(H2,27,28,31). The number of hydrogen-bond acceptors (Lipinski definition) is 8. The van der Waals surface area contributed by atoms with Crippen LogP contribution in [0.5, 0.6) is 0 Å². The molecule has 12 heteroatoms. The van der Waals surface area contributed by atoms with Crippen molar-refractivity contribution in [2.45, 2.75) is 25.5 Å². The molecule has 0 saturated carbocycles. The van der Waals surface area contributed by atoms with Crippen LogP contribution in [0.2, 0.25) is 0 Å². The lowest BCUT2D eigenvalue weighted by atomic mass is 10.0. The predicted octanol–water partition coefficient (Wildman–Crippen LogP) is 3.07. The largest absolute Gasteiger partial charge is 0.382 e. The van der Waals surface area contributed by atoms with Crippen LogP contribution in [0.4, 0.5) is 5.82 Å². The summed E-state index contributed by atoms with van der Waals surface area (Å²) in [5.41, 5.74) is 10.5. The molecule has 4 N–H and O–H groups in total. The fraction of sp³-hybridized carbons (Fsp3) is 0.174.